The third-order valence-electron chi connectivity index (χ3n) is 5.79. The molecule has 2 fully saturated rings. The predicted molar refractivity (Wildman–Crippen MR) is 94.0 cm³/mol. The fourth-order valence-electron chi connectivity index (χ4n) is 3.96. The van der Waals surface area contributed by atoms with Crippen molar-refractivity contribution in [3.63, 3.8) is 0 Å². The van der Waals surface area contributed by atoms with Crippen LogP contribution in [0.2, 0.25) is 0 Å². The van der Waals surface area contributed by atoms with E-state index in [2.05, 4.69) is 10.2 Å². The van der Waals surface area contributed by atoms with E-state index in [0.29, 0.717) is 31.8 Å². The third kappa shape index (κ3) is 3.60. The van der Waals surface area contributed by atoms with Crippen LogP contribution in [0.4, 0.5) is 0 Å². The van der Waals surface area contributed by atoms with Crippen LogP contribution in [0.1, 0.15) is 48.6 Å². The first-order valence-corrected chi connectivity index (χ1v) is 11.0. The van der Waals surface area contributed by atoms with Crippen molar-refractivity contribution in [1.29, 1.82) is 0 Å². The smallest absolute Gasteiger partial charge is 0.224 e. The lowest BCUT2D eigenvalue weighted by molar-refractivity contribution is -0.132. The Labute approximate surface area is 148 Å². The number of amides is 1. The van der Waals surface area contributed by atoms with Crippen molar-refractivity contribution in [2.75, 3.05) is 31.6 Å². The Morgan fingerprint density at radius 3 is 2.84 bits per heavy atom. The van der Waals surface area contributed by atoms with Crippen LogP contribution in [0.5, 0.6) is 0 Å². The van der Waals surface area contributed by atoms with Gasteiger partial charge in [-0.05, 0) is 26.3 Å². The van der Waals surface area contributed by atoms with Crippen LogP contribution in [0.25, 0.3) is 0 Å². The Bertz CT molecular complexity index is 769. The summed E-state index contributed by atoms with van der Waals surface area (Å²) in [5, 5.41) is 7.61. The Balaban J connectivity index is 1.32. The fourth-order valence-corrected chi connectivity index (χ4v) is 5.77. The molecule has 4 rings (SSSR count). The average Bonchev–Trinajstić information content (AvgIpc) is 3.24. The number of hydrogen-bond donors (Lipinski definition) is 1. The molecular formula is C17H26N4O3S. The topological polar surface area (TPSA) is 86.4 Å². The van der Waals surface area contributed by atoms with Crippen LogP contribution < -0.4 is 0 Å². The van der Waals surface area contributed by atoms with E-state index in [0.717, 1.165) is 13.0 Å². The van der Waals surface area contributed by atoms with E-state index < -0.39 is 9.84 Å². The highest BCUT2D eigenvalue weighted by Gasteiger charge is 2.34. The van der Waals surface area contributed by atoms with Gasteiger partial charge in [-0.3, -0.25) is 9.89 Å². The molecule has 1 saturated carbocycles. The lowest BCUT2D eigenvalue weighted by Crippen LogP contribution is -2.39. The number of carbonyl (C=O) groups excluding carboxylic acids is 1. The van der Waals surface area contributed by atoms with Gasteiger partial charge in [0.2, 0.25) is 5.91 Å². The van der Waals surface area contributed by atoms with E-state index >= 15 is 0 Å². The van der Waals surface area contributed by atoms with Gasteiger partial charge < -0.3 is 9.80 Å². The Kier molecular flexibility index (Phi) is 4.35. The lowest BCUT2D eigenvalue weighted by atomic mass is 10.0. The number of rotatable bonds is 5. The van der Waals surface area contributed by atoms with Gasteiger partial charge in [0, 0.05) is 55.7 Å². The van der Waals surface area contributed by atoms with Crippen LogP contribution >= 0.6 is 0 Å². The summed E-state index contributed by atoms with van der Waals surface area (Å²) in [5.74, 6) is 1.24. The Hall–Kier alpha value is -1.41. The van der Waals surface area contributed by atoms with Gasteiger partial charge in [0.25, 0.3) is 0 Å². The summed E-state index contributed by atoms with van der Waals surface area (Å²) in [5.41, 5.74) is 3.59. The minimum absolute atomic E-state index is 0.0566. The molecule has 1 N–H and O–H groups in total. The molecule has 3 heterocycles. The average molecular weight is 366 g/mol. The summed E-state index contributed by atoms with van der Waals surface area (Å²) in [7, 11) is -0.956. The molecule has 3 aliphatic rings. The summed E-state index contributed by atoms with van der Waals surface area (Å²) < 4.78 is 23.2. The molecule has 25 heavy (non-hydrogen) atoms. The zero-order chi connectivity index (χ0) is 17.6. The van der Waals surface area contributed by atoms with Crippen molar-refractivity contribution in [1.82, 2.24) is 20.0 Å². The third-order valence-corrected chi connectivity index (χ3v) is 7.54. The normalized spacial score (nSPS) is 25.4. The highest BCUT2D eigenvalue weighted by molar-refractivity contribution is 7.91. The second-order valence-electron chi connectivity index (χ2n) is 7.69. The van der Waals surface area contributed by atoms with Crippen LogP contribution in [0.3, 0.4) is 0 Å². The number of nitrogens with zero attached hydrogens (tertiary/aromatic N) is 3. The number of carbonyl (C=O) groups is 1. The molecule has 138 valence electrons. The summed E-state index contributed by atoms with van der Waals surface area (Å²) >= 11 is 0. The van der Waals surface area contributed by atoms with E-state index in [-0.39, 0.29) is 23.5 Å². The van der Waals surface area contributed by atoms with E-state index in [1.54, 1.807) is 0 Å². The number of sulfone groups is 1. The van der Waals surface area contributed by atoms with E-state index in [9.17, 15) is 13.2 Å². The highest BCUT2D eigenvalue weighted by atomic mass is 32.2. The van der Waals surface area contributed by atoms with E-state index in [4.69, 9.17) is 0 Å². The zero-order valence-electron chi connectivity index (χ0n) is 14.7. The number of aromatic amines is 1. The predicted octanol–water partition coefficient (Wildman–Crippen LogP) is 0.681. The minimum Gasteiger partial charge on any atom is -0.338 e. The van der Waals surface area contributed by atoms with Crippen LogP contribution in [-0.2, 0) is 27.6 Å². The molecule has 7 nitrogen and oxygen atoms in total. The SMILES string of the molecule is CN(CCC(=O)N1CCc2[nH]nc(C3CC3)c2C1)[C@H]1CCS(=O)(=O)C1. The monoisotopic (exact) mass is 366 g/mol. The molecule has 1 atom stereocenters. The molecule has 1 amide bonds. The maximum Gasteiger partial charge on any atom is 0.224 e. The van der Waals surface area contributed by atoms with Crippen LogP contribution in [0.15, 0.2) is 0 Å². The molecule has 1 saturated heterocycles. The van der Waals surface area contributed by atoms with Gasteiger partial charge in [-0.2, -0.15) is 5.10 Å². The minimum atomic E-state index is -2.88. The van der Waals surface area contributed by atoms with Gasteiger partial charge in [0.05, 0.1) is 17.2 Å². The van der Waals surface area contributed by atoms with Gasteiger partial charge >= 0.3 is 0 Å². The number of fused-ring (bicyclic) bond motifs is 1. The number of aromatic nitrogens is 2. The quantitative estimate of drug-likeness (QED) is 0.828. The highest BCUT2D eigenvalue weighted by Crippen LogP contribution is 2.42. The maximum absolute atomic E-state index is 12.6. The van der Waals surface area contributed by atoms with Crippen molar-refractivity contribution in [3.05, 3.63) is 17.0 Å². The number of H-pyrrole nitrogens is 1. The van der Waals surface area contributed by atoms with Gasteiger partial charge in [-0.25, -0.2) is 8.42 Å². The van der Waals surface area contributed by atoms with Crippen molar-refractivity contribution >= 4 is 15.7 Å². The largest absolute Gasteiger partial charge is 0.338 e. The Morgan fingerprint density at radius 2 is 2.16 bits per heavy atom. The van der Waals surface area contributed by atoms with Crippen molar-refractivity contribution in [2.45, 2.75) is 50.6 Å². The molecule has 2 aliphatic heterocycles. The summed E-state index contributed by atoms with van der Waals surface area (Å²) in [4.78, 5) is 16.6. The Morgan fingerprint density at radius 1 is 1.36 bits per heavy atom. The van der Waals surface area contributed by atoms with E-state index in [1.165, 1.54) is 29.8 Å². The van der Waals surface area contributed by atoms with Crippen molar-refractivity contribution in [2.24, 2.45) is 0 Å². The molecule has 0 bridgehead atoms. The maximum atomic E-state index is 12.6. The molecule has 0 spiro atoms. The van der Waals surface area contributed by atoms with Gasteiger partial charge in [-0.15, -0.1) is 0 Å². The van der Waals surface area contributed by atoms with Crippen LogP contribution in [0, 0.1) is 0 Å². The molecule has 0 aromatic carbocycles. The van der Waals surface area contributed by atoms with Gasteiger partial charge in [0.1, 0.15) is 0 Å². The van der Waals surface area contributed by atoms with Gasteiger partial charge in [-0.1, -0.05) is 0 Å². The molecule has 8 heteroatoms. The fraction of sp³-hybridized carbons (Fsp3) is 0.765. The zero-order valence-corrected chi connectivity index (χ0v) is 15.5. The second-order valence-corrected chi connectivity index (χ2v) is 9.92. The van der Waals surface area contributed by atoms with E-state index in [1.807, 2.05) is 16.8 Å². The summed E-state index contributed by atoms with van der Waals surface area (Å²) in [6.45, 7) is 2.01. The summed E-state index contributed by atoms with van der Waals surface area (Å²) in [6, 6.07) is 0.0566. The molecule has 0 unspecified atom stereocenters. The van der Waals surface area contributed by atoms with Crippen molar-refractivity contribution < 1.29 is 13.2 Å². The van der Waals surface area contributed by atoms with Crippen LogP contribution in [-0.4, -0.2) is 72.0 Å². The lowest BCUT2D eigenvalue weighted by Gasteiger charge is -2.29. The standard InChI is InChI=1S/C17H26N4O3S/c1-20(13-6-9-25(23,24)11-13)7-5-16(22)21-8-4-15-14(10-21)17(19-18-15)12-2-3-12/h12-13H,2-11H2,1H3,(H,18,19)/t13-/m0/s1. The van der Waals surface area contributed by atoms with Crippen molar-refractivity contribution in [3.8, 4) is 0 Å². The first-order valence-electron chi connectivity index (χ1n) is 9.17. The molecule has 1 aromatic rings. The number of nitrogens with one attached hydrogen (secondary N) is 1. The molecular weight excluding hydrogens is 340 g/mol. The second kappa shape index (κ2) is 6.39. The molecule has 1 aliphatic carbocycles. The summed E-state index contributed by atoms with van der Waals surface area (Å²) in [6.07, 6.45) is 4.39. The first-order chi connectivity index (χ1) is 11.9. The first kappa shape index (κ1) is 17.0. The number of hydrogen-bond acceptors (Lipinski definition) is 5. The van der Waals surface area contributed by atoms with Gasteiger partial charge in [0.15, 0.2) is 9.84 Å². The molecule has 0 radical (unpaired) electrons. The molecule has 1 aromatic heterocycles.